The maximum Gasteiger partial charge on any atom is 0.291 e. The zero-order valence-corrected chi connectivity index (χ0v) is 18.8. The molecule has 3 aromatic carbocycles. The SMILES string of the molecule is CCOc1cc([C@@H]2c3c(oc4ccccc4c3=O)C(=O)N2Cc2ccc(OC)cc2)ccc1O. The van der Waals surface area contributed by atoms with Crippen LogP contribution in [0, 0.1) is 0 Å². The molecule has 2 heterocycles. The van der Waals surface area contributed by atoms with Crippen LogP contribution >= 0.6 is 0 Å². The topological polar surface area (TPSA) is 89.2 Å². The van der Waals surface area contributed by atoms with Gasteiger partial charge in [0, 0.05) is 6.54 Å². The third kappa shape index (κ3) is 3.55. The fourth-order valence-corrected chi connectivity index (χ4v) is 4.38. The number of benzene rings is 3. The minimum absolute atomic E-state index is 0.0117. The summed E-state index contributed by atoms with van der Waals surface area (Å²) in [7, 11) is 1.59. The maximum absolute atomic E-state index is 13.6. The molecule has 7 nitrogen and oxygen atoms in total. The number of fused-ring (bicyclic) bond motifs is 2. The van der Waals surface area contributed by atoms with Crippen LogP contribution in [0.4, 0.5) is 0 Å². The minimum atomic E-state index is -0.703. The quantitative estimate of drug-likeness (QED) is 0.453. The summed E-state index contributed by atoms with van der Waals surface area (Å²) in [5.41, 5.74) is 1.91. The van der Waals surface area contributed by atoms with Gasteiger partial charge in [-0.25, -0.2) is 0 Å². The lowest BCUT2D eigenvalue weighted by Gasteiger charge is -2.26. The van der Waals surface area contributed by atoms with Crippen LogP contribution in [0.1, 0.15) is 40.2 Å². The van der Waals surface area contributed by atoms with Gasteiger partial charge in [-0.2, -0.15) is 0 Å². The van der Waals surface area contributed by atoms with E-state index in [9.17, 15) is 14.7 Å². The maximum atomic E-state index is 13.6. The molecule has 1 aliphatic rings. The second-order valence-electron chi connectivity index (χ2n) is 8.01. The average molecular weight is 457 g/mol. The lowest BCUT2D eigenvalue weighted by Crippen LogP contribution is -2.29. The van der Waals surface area contributed by atoms with E-state index in [0.717, 1.165) is 5.56 Å². The summed E-state index contributed by atoms with van der Waals surface area (Å²) < 4.78 is 16.8. The standard InChI is InChI=1S/C27H23NO6/c1-3-33-22-14-17(10-13-20(22)29)24-23-25(30)19-6-4-5-7-21(19)34-26(23)27(31)28(24)15-16-8-11-18(32-2)12-9-16/h4-14,24,29H,3,15H2,1-2H3/t24-/m1/s1. The number of amides is 1. The number of phenols is 1. The Morgan fingerprint density at radius 3 is 2.53 bits per heavy atom. The molecule has 0 saturated heterocycles. The number of ether oxygens (including phenoxy) is 2. The Morgan fingerprint density at radius 2 is 1.79 bits per heavy atom. The third-order valence-electron chi connectivity index (χ3n) is 5.98. The molecule has 172 valence electrons. The lowest BCUT2D eigenvalue weighted by atomic mass is 9.97. The number of carbonyl (C=O) groups is 1. The van der Waals surface area contributed by atoms with Crippen LogP contribution in [-0.4, -0.2) is 29.6 Å². The molecule has 1 amide bonds. The van der Waals surface area contributed by atoms with Crippen molar-refractivity contribution in [2.24, 2.45) is 0 Å². The Labute approximate surface area is 195 Å². The van der Waals surface area contributed by atoms with Gasteiger partial charge in [0.1, 0.15) is 11.3 Å². The Morgan fingerprint density at radius 1 is 1.03 bits per heavy atom. The van der Waals surface area contributed by atoms with E-state index in [1.54, 1.807) is 48.4 Å². The lowest BCUT2D eigenvalue weighted by molar-refractivity contribution is 0.0714. The van der Waals surface area contributed by atoms with E-state index in [-0.39, 0.29) is 40.7 Å². The number of nitrogens with zero attached hydrogens (tertiary/aromatic N) is 1. The average Bonchev–Trinajstić information content (AvgIpc) is 3.13. The van der Waals surface area contributed by atoms with E-state index in [4.69, 9.17) is 13.9 Å². The van der Waals surface area contributed by atoms with Gasteiger partial charge in [-0.3, -0.25) is 9.59 Å². The molecule has 1 N–H and O–H groups in total. The second kappa shape index (κ2) is 8.59. The highest BCUT2D eigenvalue weighted by molar-refractivity contribution is 5.99. The van der Waals surface area contributed by atoms with Gasteiger partial charge in [-0.15, -0.1) is 0 Å². The summed E-state index contributed by atoms with van der Waals surface area (Å²) in [6, 6.07) is 18.5. The largest absolute Gasteiger partial charge is 0.504 e. The molecule has 4 aromatic rings. The molecular weight excluding hydrogens is 434 g/mol. The number of carbonyl (C=O) groups excluding carboxylic acids is 1. The van der Waals surface area contributed by atoms with Crippen molar-refractivity contribution in [3.8, 4) is 17.2 Å². The number of phenolic OH excluding ortho intramolecular Hbond substituents is 1. The van der Waals surface area contributed by atoms with Crippen LogP contribution in [0.2, 0.25) is 0 Å². The highest BCUT2D eigenvalue weighted by Gasteiger charge is 2.43. The summed E-state index contributed by atoms with van der Waals surface area (Å²) in [4.78, 5) is 28.8. The van der Waals surface area contributed by atoms with Crippen LogP contribution in [0.3, 0.4) is 0 Å². The second-order valence-corrected chi connectivity index (χ2v) is 8.01. The molecule has 0 radical (unpaired) electrons. The van der Waals surface area contributed by atoms with Gasteiger partial charge in [-0.05, 0) is 54.4 Å². The molecule has 0 fully saturated rings. The Balaban J connectivity index is 1.68. The van der Waals surface area contributed by atoms with Crippen LogP contribution in [0.25, 0.3) is 11.0 Å². The first-order valence-electron chi connectivity index (χ1n) is 11.0. The summed E-state index contributed by atoms with van der Waals surface area (Å²) in [5.74, 6) is 0.648. The first-order valence-corrected chi connectivity index (χ1v) is 11.0. The Kier molecular flexibility index (Phi) is 5.45. The van der Waals surface area contributed by atoms with Crippen molar-refractivity contribution in [1.29, 1.82) is 0 Å². The van der Waals surface area contributed by atoms with Crippen LogP contribution in [-0.2, 0) is 6.54 Å². The van der Waals surface area contributed by atoms with E-state index < -0.39 is 6.04 Å². The Hall–Kier alpha value is -4.26. The number of methoxy groups -OCH3 is 1. The zero-order valence-electron chi connectivity index (χ0n) is 18.8. The number of para-hydroxylation sites is 1. The smallest absolute Gasteiger partial charge is 0.291 e. The molecule has 5 rings (SSSR count). The molecule has 0 saturated carbocycles. The van der Waals surface area contributed by atoms with Gasteiger partial charge in [0.15, 0.2) is 16.9 Å². The molecule has 1 atom stereocenters. The Bertz CT molecular complexity index is 1440. The van der Waals surface area contributed by atoms with Crippen LogP contribution < -0.4 is 14.9 Å². The van der Waals surface area contributed by atoms with Gasteiger partial charge >= 0.3 is 0 Å². The van der Waals surface area contributed by atoms with Crippen molar-refractivity contribution in [3.63, 3.8) is 0 Å². The fraction of sp³-hybridized carbons (Fsp3) is 0.185. The summed E-state index contributed by atoms with van der Waals surface area (Å²) in [6.45, 7) is 2.43. The summed E-state index contributed by atoms with van der Waals surface area (Å²) >= 11 is 0. The van der Waals surface area contributed by atoms with Crippen molar-refractivity contribution in [2.75, 3.05) is 13.7 Å². The molecule has 7 heteroatoms. The molecular formula is C27H23NO6. The van der Waals surface area contributed by atoms with Crippen LogP contribution in [0.15, 0.2) is 75.9 Å². The van der Waals surface area contributed by atoms with Gasteiger partial charge in [0.25, 0.3) is 5.91 Å². The van der Waals surface area contributed by atoms with Crippen molar-refractivity contribution >= 4 is 16.9 Å². The first kappa shape index (κ1) is 21.6. The monoisotopic (exact) mass is 457 g/mol. The van der Waals surface area contributed by atoms with E-state index in [1.807, 2.05) is 31.2 Å². The molecule has 0 aliphatic carbocycles. The van der Waals surface area contributed by atoms with Gasteiger partial charge in [0.2, 0.25) is 5.76 Å². The van der Waals surface area contributed by atoms with E-state index in [1.165, 1.54) is 6.07 Å². The molecule has 0 bridgehead atoms. The molecule has 0 unspecified atom stereocenters. The minimum Gasteiger partial charge on any atom is -0.504 e. The highest BCUT2D eigenvalue weighted by Crippen LogP contribution is 2.41. The molecule has 1 aromatic heterocycles. The summed E-state index contributed by atoms with van der Waals surface area (Å²) in [5, 5.41) is 10.6. The molecule has 1 aliphatic heterocycles. The van der Waals surface area contributed by atoms with Crippen molar-refractivity contribution in [2.45, 2.75) is 19.5 Å². The van der Waals surface area contributed by atoms with Gasteiger partial charge < -0.3 is 23.9 Å². The first-order chi connectivity index (χ1) is 16.5. The predicted octanol–water partition coefficient (Wildman–Crippen LogP) is 4.65. The van der Waals surface area contributed by atoms with Crippen LogP contribution in [0.5, 0.6) is 17.2 Å². The highest BCUT2D eigenvalue weighted by atomic mass is 16.5. The van der Waals surface area contributed by atoms with Gasteiger partial charge in [-0.1, -0.05) is 30.3 Å². The van der Waals surface area contributed by atoms with E-state index in [0.29, 0.717) is 28.9 Å². The number of hydrogen-bond acceptors (Lipinski definition) is 6. The molecule has 0 spiro atoms. The zero-order chi connectivity index (χ0) is 23.8. The third-order valence-corrected chi connectivity index (χ3v) is 5.98. The summed E-state index contributed by atoms with van der Waals surface area (Å²) in [6.07, 6.45) is 0. The normalized spacial score (nSPS) is 14.9. The van der Waals surface area contributed by atoms with E-state index in [2.05, 4.69) is 0 Å². The van der Waals surface area contributed by atoms with Gasteiger partial charge in [0.05, 0.1) is 30.7 Å². The molecule has 34 heavy (non-hydrogen) atoms. The van der Waals surface area contributed by atoms with E-state index >= 15 is 0 Å². The van der Waals surface area contributed by atoms with Crippen molar-refractivity contribution in [3.05, 3.63) is 99.4 Å². The number of rotatable bonds is 6. The van der Waals surface area contributed by atoms with Crippen molar-refractivity contribution < 1.29 is 23.8 Å². The predicted molar refractivity (Wildman–Crippen MR) is 126 cm³/mol. The number of aromatic hydroxyl groups is 1. The number of hydrogen-bond donors (Lipinski definition) is 1. The van der Waals surface area contributed by atoms with Crippen molar-refractivity contribution in [1.82, 2.24) is 4.90 Å². The fourth-order valence-electron chi connectivity index (χ4n) is 4.38.